The first-order valence-corrected chi connectivity index (χ1v) is 13.3. The maximum Gasteiger partial charge on any atom is 0.348 e. The first kappa shape index (κ1) is 27.0. The molecule has 1 fully saturated rings. The Morgan fingerprint density at radius 2 is 1.52 bits per heavy atom. The largest absolute Gasteiger partial charge is 0.478 e. The van der Waals surface area contributed by atoms with Crippen molar-refractivity contribution in [2.24, 2.45) is 0 Å². The van der Waals surface area contributed by atoms with Crippen LogP contribution in [-0.2, 0) is 17.8 Å². The van der Waals surface area contributed by atoms with E-state index in [1.807, 2.05) is 24.3 Å². The highest BCUT2D eigenvalue weighted by atomic mass is 16.5. The second-order valence-corrected chi connectivity index (χ2v) is 10.0. The van der Waals surface area contributed by atoms with Crippen LogP contribution in [0.5, 0.6) is 17.4 Å². The topological polar surface area (TPSA) is 114 Å². The fourth-order valence-electron chi connectivity index (χ4n) is 4.71. The van der Waals surface area contributed by atoms with Crippen molar-refractivity contribution in [3.05, 3.63) is 102 Å². The molecule has 1 atom stereocenters. The summed E-state index contributed by atoms with van der Waals surface area (Å²) in [6, 6.07) is 28.4. The van der Waals surface area contributed by atoms with Gasteiger partial charge in [-0.25, -0.2) is 4.79 Å². The molecular weight excluding hydrogens is 506 g/mol. The molecule has 4 aromatic rings. The Bertz CT molecular complexity index is 1410. The summed E-state index contributed by atoms with van der Waals surface area (Å²) in [4.78, 5) is 25.4. The van der Waals surface area contributed by atoms with Crippen LogP contribution in [0.25, 0.3) is 0 Å². The lowest BCUT2D eigenvalue weighted by atomic mass is 9.96. The van der Waals surface area contributed by atoms with Gasteiger partial charge < -0.3 is 25.2 Å². The van der Waals surface area contributed by atoms with Gasteiger partial charge in [0.2, 0.25) is 17.4 Å². The van der Waals surface area contributed by atoms with Gasteiger partial charge in [0, 0.05) is 45.2 Å². The van der Waals surface area contributed by atoms with E-state index < -0.39 is 11.6 Å². The zero-order valence-electron chi connectivity index (χ0n) is 22.4. The van der Waals surface area contributed by atoms with E-state index in [2.05, 4.69) is 44.0 Å². The predicted molar refractivity (Wildman–Crippen MR) is 154 cm³/mol. The number of nitrogens with zero attached hydrogens (tertiary/aromatic N) is 4. The molecule has 1 aliphatic rings. The van der Waals surface area contributed by atoms with E-state index in [9.17, 15) is 9.90 Å². The Balaban J connectivity index is 1.21. The number of hydrogen-bond acceptors (Lipinski definition) is 8. The number of nitrogen functional groups attached to an aromatic ring is 1. The number of nitrogens with two attached hydrogens (primary N) is 1. The second kappa shape index (κ2) is 12.0. The Kier molecular flexibility index (Phi) is 8.12. The fourth-order valence-corrected chi connectivity index (χ4v) is 4.71. The first-order valence-electron chi connectivity index (χ1n) is 13.3. The quantitative estimate of drug-likeness (QED) is 0.297. The maximum absolute atomic E-state index is 12.1. The van der Waals surface area contributed by atoms with E-state index in [0.717, 1.165) is 44.1 Å². The standard InChI is InChI=1S/C31H33N5O4/c1-31(29(37)38,40-26-10-6-3-7-11-26)21-23-12-14-25(15-13-23)39-28-20-27(33-30(32)34-28)36-18-16-35(17-19-36)22-24-8-4-2-5-9-24/h2-15,20H,16-19,21-22H2,1H3,(H,37,38)(H2,32,33,34)/t31-/m1/s1. The number of aromatic nitrogens is 2. The molecule has 0 bridgehead atoms. The third-order valence-corrected chi connectivity index (χ3v) is 6.88. The average molecular weight is 540 g/mol. The second-order valence-electron chi connectivity index (χ2n) is 10.0. The molecule has 0 radical (unpaired) electrons. The van der Waals surface area contributed by atoms with E-state index in [1.54, 1.807) is 49.4 Å². The third-order valence-electron chi connectivity index (χ3n) is 6.88. The van der Waals surface area contributed by atoms with Crippen LogP contribution in [0.3, 0.4) is 0 Å². The van der Waals surface area contributed by atoms with Gasteiger partial charge in [-0.2, -0.15) is 9.97 Å². The van der Waals surface area contributed by atoms with Gasteiger partial charge in [-0.05, 0) is 42.3 Å². The lowest BCUT2D eigenvalue weighted by Gasteiger charge is -2.35. The van der Waals surface area contributed by atoms with Crippen molar-refractivity contribution in [2.75, 3.05) is 36.8 Å². The van der Waals surface area contributed by atoms with Crippen molar-refractivity contribution in [2.45, 2.75) is 25.5 Å². The number of rotatable bonds is 10. The monoisotopic (exact) mass is 539 g/mol. The first-order chi connectivity index (χ1) is 19.4. The van der Waals surface area contributed by atoms with E-state index in [-0.39, 0.29) is 12.4 Å². The number of aliphatic carboxylic acids is 1. The summed E-state index contributed by atoms with van der Waals surface area (Å²) in [6.45, 7) is 5.98. The SMILES string of the molecule is C[C@](Cc1ccc(Oc2cc(N3CCN(Cc4ccccc4)CC3)nc(N)n2)cc1)(Oc1ccccc1)C(=O)O. The number of piperazine rings is 1. The molecule has 1 saturated heterocycles. The summed E-state index contributed by atoms with van der Waals surface area (Å²) in [5.41, 5.74) is 6.70. The van der Waals surface area contributed by atoms with Crippen molar-refractivity contribution in [1.82, 2.24) is 14.9 Å². The van der Waals surface area contributed by atoms with Crippen molar-refractivity contribution in [3.63, 3.8) is 0 Å². The third kappa shape index (κ3) is 6.86. The van der Waals surface area contributed by atoms with Crippen molar-refractivity contribution < 1.29 is 19.4 Å². The molecule has 2 heterocycles. The summed E-state index contributed by atoms with van der Waals surface area (Å²) >= 11 is 0. The van der Waals surface area contributed by atoms with Gasteiger partial charge in [-0.3, -0.25) is 4.90 Å². The summed E-state index contributed by atoms with van der Waals surface area (Å²) in [7, 11) is 0. The zero-order valence-corrected chi connectivity index (χ0v) is 22.4. The lowest BCUT2D eigenvalue weighted by Crippen LogP contribution is -2.46. The normalized spacial score (nSPS) is 15.3. The molecule has 0 saturated carbocycles. The van der Waals surface area contributed by atoms with Crippen LogP contribution in [0.1, 0.15) is 18.1 Å². The van der Waals surface area contributed by atoms with Crippen LogP contribution in [0.15, 0.2) is 91.0 Å². The Morgan fingerprint density at radius 1 is 0.875 bits per heavy atom. The number of benzene rings is 3. The number of hydrogen-bond donors (Lipinski definition) is 2. The smallest absolute Gasteiger partial charge is 0.348 e. The Hall–Kier alpha value is -4.63. The molecule has 5 rings (SSSR count). The molecule has 3 N–H and O–H groups in total. The van der Waals surface area contributed by atoms with Gasteiger partial charge in [0.05, 0.1) is 0 Å². The molecule has 40 heavy (non-hydrogen) atoms. The molecule has 0 aliphatic carbocycles. The molecule has 3 aromatic carbocycles. The summed E-state index contributed by atoms with van der Waals surface area (Å²) in [5.74, 6) is 1.25. The van der Waals surface area contributed by atoms with E-state index >= 15 is 0 Å². The minimum Gasteiger partial charge on any atom is -0.478 e. The van der Waals surface area contributed by atoms with Gasteiger partial charge in [0.25, 0.3) is 0 Å². The molecule has 9 heteroatoms. The van der Waals surface area contributed by atoms with Crippen LogP contribution in [0.2, 0.25) is 0 Å². The zero-order chi connectivity index (χ0) is 28.0. The van der Waals surface area contributed by atoms with E-state index in [4.69, 9.17) is 15.2 Å². The van der Waals surface area contributed by atoms with Crippen LogP contribution < -0.4 is 20.1 Å². The van der Waals surface area contributed by atoms with Gasteiger partial charge in [-0.15, -0.1) is 0 Å². The lowest BCUT2D eigenvalue weighted by molar-refractivity contribution is -0.153. The Morgan fingerprint density at radius 3 is 2.17 bits per heavy atom. The van der Waals surface area contributed by atoms with Crippen LogP contribution >= 0.6 is 0 Å². The number of anilines is 2. The van der Waals surface area contributed by atoms with Crippen LogP contribution in [-0.4, -0.2) is 57.7 Å². The highest BCUT2D eigenvalue weighted by Gasteiger charge is 2.36. The van der Waals surface area contributed by atoms with Crippen LogP contribution in [0.4, 0.5) is 11.8 Å². The summed E-state index contributed by atoms with van der Waals surface area (Å²) in [5, 5.41) is 9.86. The molecule has 9 nitrogen and oxygen atoms in total. The number of carbonyl (C=O) groups is 1. The summed E-state index contributed by atoms with van der Waals surface area (Å²) in [6.07, 6.45) is 0.179. The van der Waals surface area contributed by atoms with Gasteiger partial charge in [0.15, 0.2) is 0 Å². The summed E-state index contributed by atoms with van der Waals surface area (Å²) < 4.78 is 11.8. The highest BCUT2D eigenvalue weighted by Crippen LogP contribution is 2.27. The van der Waals surface area contributed by atoms with Crippen molar-refractivity contribution >= 4 is 17.7 Å². The van der Waals surface area contributed by atoms with E-state index in [0.29, 0.717) is 17.4 Å². The maximum atomic E-state index is 12.1. The number of para-hydroxylation sites is 1. The number of carboxylic acids is 1. The predicted octanol–water partition coefficient (Wildman–Crippen LogP) is 4.64. The van der Waals surface area contributed by atoms with Gasteiger partial charge in [-0.1, -0.05) is 60.7 Å². The molecule has 1 aromatic heterocycles. The van der Waals surface area contributed by atoms with Crippen molar-refractivity contribution in [3.8, 4) is 17.4 Å². The fraction of sp³-hybridized carbons (Fsp3) is 0.258. The molecule has 0 unspecified atom stereocenters. The van der Waals surface area contributed by atoms with Gasteiger partial charge in [0.1, 0.15) is 17.3 Å². The highest BCUT2D eigenvalue weighted by molar-refractivity contribution is 5.78. The molecule has 206 valence electrons. The van der Waals surface area contributed by atoms with Crippen molar-refractivity contribution in [1.29, 1.82) is 0 Å². The Labute approximate surface area is 233 Å². The molecule has 0 amide bonds. The molecule has 0 spiro atoms. The minimum atomic E-state index is -1.43. The van der Waals surface area contributed by atoms with Gasteiger partial charge >= 0.3 is 5.97 Å². The van der Waals surface area contributed by atoms with E-state index in [1.165, 1.54) is 5.56 Å². The van der Waals surface area contributed by atoms with Crippen LogP contribution in [0, 0.1) is 0 Å². The number of carboxylic acid groups (broad SMARTS) is 1. The average Bonchev–Trinajstić information content (AvgIpc) is 2.95. The molecule has 1 aliphatic heterocycles. The molecular formula is C31H33N5O4. The number of ether oxygens (including phenoxy) is 2. The minimum absolute atomic E-state index is 0.145.